The minimum Gasteiger partial charge on any atom is -0.481 e. The molecule has 0 bridgehead atoms. The molecule has 32 heavy (non-hydrogen) atoms. The SMILES string of the molecule is C=C(C)C1CCC2(C(=O)O)CC3(C)C(CCC4C5(C)CCC(=O)C(C)(C)C5CCC43C)C12. The van der Waals surface area contributed by atoms with Crippen LogP contribution in [0.15, 0.2) is 12.2 Å². The molecule has 5 aliphatic rings. The summed E-state index contributed by atoms with van der Waals surface area (Å²) in [5.74, 6) is 2.01. The summed E-state index contributed by atoms with van der Waals surface area (Å²) in [6.07, 6.45) is 8.98. The van der Waals surface area contributed by atoms with Crippen LogP contribution >= 0.6 is 0 Å². The lowest BCUT2D eigenvalue weighted by Crippen LogP contribution is -2.63. The summed E-state index contributed by atoms with van der Waals surface area (Å²) < 4.78 is 0. The van der Waals surface area contributed by atoms with Gasteiger partial charge in [0.25, 0.3) is 0 Å². The molecule has 0 aromatic heterocycles. The summed E-state index contributed by atoms with van der Waals surface area (Å²) in [5.41, 5.74) is 0.765. The number of carbonyl (C=O) groups excluding carboxylic acids is 1. The molecule has 0 spiro atoms. The van der Waals surface area contributed by atoms with Gasteiger partial charge in [-0.2, -0.15) is 0 Å². The summed E-state index contributed by atoms with van der Waals surface area (Å²) in [5, 5.41) is 10.6. The van der Waals surface area contributed by atoms with Gasteiger partial charge in [-0.15, -0.1) is 0 Å². The Balaban J connectivity index is 1.59. The van der Waals surface area contributed by atoms with Crippen LogP contribution in [0.25, 0.3) is 0 Å². The zero-order valence-electron chi connectivity index (χ0n) is 21.2. The molecular weight excluding hydrogens is 396 g/mol. The molecule has 0 saturated heterocycles. The molecule has 5 rings (SSSR count). The lowest BCUT2D eigenvalue weighted by molar-refractivity contribution is -0.203. The smallest absolute Gasteiger partial charge is 0.309 e. The number of carbonyl (C=O) groups is 2. The van der Waals surface area contributed by atoms with Crippen LogP contribution in [0.4, 0.5) is 0 Å². The number of rotatable bonds is 2. The number of Topliss-reactive ketones (excluding diaryl/α,β-unsaturated/α-hetero) is 1. The fourth-order valence-corrected chi connectivity index (χ4v) is 11.2. The monoisotopic (exact) mass is 440 g/mol. The minimum absolute atomic E-state index is 0.0483. The lowest BCUT2D eigenvalue weighted by Gasteiger charge is -2.69. The highest BCUT2D eigenvalue weighted by atomic mass is 16.4. The second-order valence-corrected chi connectivity index (χ2v) is 14.0. The predicted octanol–water partition coefficient (Wildman–Crippen LogP) is 6.91. The molecule has 0 aromatic rings. The third kappa shape index (κ3) is 2.39. The number of ketones is 1. The average Bonchev–Trinajstić information content (AvgIpc) is 3.19. The van der Waals surface area contributed by atoms with E-state index in [9.17, 15) is 14.7 Å². The Kier molecular flexibility index (Phi) is 4.61. The Labute approximate surface area is 194 Å². The molecule has 5 aliphatic carbocycles. The van der Waals surface area contributed by atoms with Crippen LogP contribution in [0.2, 0.25) is 0 Å². The summed E-state index contributed by atoms with van der Waals surface area (Å²) >= 11 is 0. The van der Waals surface area contributed by atoms with Gasteiger partial charge in [0.15, 0.2) is 0 Å². The van der Waals surface area contributed by atoms with Crippen molar-refractivity contribution in [2.75, 3.05) is 0 Å². The highest BCUT2D eigenvalue weighted by Gasteiger charge is 2.75. The van der Waals surface area contributed by atoms with Crippen molar-refractivity contribution >= 4 is 11.8 Å². The molecular formula is C29H44O3. The fourth-order valence-electron chi connectivity index (χ4n) is 11.2. The number of hydrogen-bond acceptors (Lipinski definition) is 2. The molecule has 0 amide bonds. The van der Waals surface area contributed by atoms with Crippen molar-refractivity contribution in [3.8, 4) is 0 Å². The molecule has 5 fully saturated rings. The number of fused-ring (bicyclic) bond motifs is 7. The van der Waals surface area contributed by atoms with E-state index < -0.39 is 11.4 Å². The van der Waals surface area contributed by atoms with Gasteiger partial charge in [0.05, 0.1) is 5.41 Å². The molecule has 0 aliphatic heterocycles. The number of hydrogen-bond donors (Lipinski definition) is 1. The van der Waals surface area contributed by atoms with Gasteiger partial charge in [-0.3, -0.25) is 9.59 Å². The van der Waals surface area contributed by atoms with Crippen molar-refractivity contribution in [3.05, 3.63) is 12.2 Å². The van der Waals surface area contributed by atoms with E-state index in [-0.39, 0.29) is 27.6 Å². The Morgan fingerprint density at radius 3 is 2.25 bits per heavy atom. The van der Waals surface area contributed by atoms with E-state index in [0.29, 0.717) is 35.9 Å². The number of aliphatic carboxylic acids is 1. The van der Waals surface area contributed by atoms with Crippen LogP contribution in [-0.4, -0.2) is 16.9 Å². The lowest BCUT2D eigenvalue weighted by atomic mass is 9.35. The Bertz CT molecular complexity index is 887. The largest absolute Gasteiger partial charge is 0.481 e. The van der Waals surface area contributed by atoms with Gasteiger partial charge in [0.1, 0.15) is 5.78 Å². The Hall–Kier alpha value is -1.12. The van der Waals surface area contributed by atoms with Crippen LogP contribution in [0.5, 0.6) is 0 Å². The topological polar surface area (TPSA) is 54.4 Å². The highest BCUT2D eigenvalue weighted by molar-refractivity contribution is 5.85. The third-order valence-corrected chi connectivity index (χ3v) is 12.8. The van der Waals surface area contributed by atoms with Gasteiger partial charge in [-0.1, -0.05) is 46.8 Å². The first-order valence-electron chi connectivity index (χ1n) is 13.2. The molecule has 178 valence electrons. The maximum atomic E-state index is 12.9. The van der Waals surface area contributed by atoms with E-state index in [1.165, 1.54) is 12.0 Å². The van der Waals surface area contributed by atoms with Crippen LogP contribution in [0.1, 0.15) is 99.3 Å². The van der Waals surface area contributed by atoms with Gasteiger partial charge in [-0.05, 0) is 104 Å². The van der Waals surface area contributed by atoms with Crippen LogP contribution in [-0.2, 0) is 9.59 Å². The van der Waals surface area contributed by atoms with E-state index in [4.69, 9.17) is 0 Å². The van der Waals surface area contributed by atoms with Gasteiger partial charge in [0, 0.05) is 11.8 Å². The minimum atomic E-state index is -0.569. The predicted molar refractivity (Wildman–Crippen MR) is 127 cm³/mol. The first-order chi connectivity index (χ1) is 14.8. The summed E-state index contributed by atoms with van der Waals surface area (Å²) in [6, 6.07) is 0. The first kappa shape index (κ1) is 22.7. The Morgan fingerprint density at radius 1 is 0.938 bits per heavy atom. The van der Waals surface area contributed by atoms with Crippen molar-refractivity contribution < 1.29 is 14.7 Å². The van der Waals surface area contributed by atoms with Crippen molar-refractivity contribution in [1.29, 1.82) is 0 Å². The third-order valence-electron chi connectivity index (χ3n) is 12.8. The second kappa shape index (κ2) is 6.51. The molecule has 3 nitrogen and oxygen atoms in total. The fraction of sp³-hybridized carbons (Fsp3) is 0.862. The molecule has 9 unspecified atom stereocenters. The first-order valence-corrected chi connectivity index (χ1v) is 13.2. The molecule has 3 heteroatoms. The van der Waals surface area contributed by atoms with E-state index in [1.54, 1.807) is 0 Å². The van der Waals surface area contributed by atoms with Crippen LogP contribution < -0.4 is 0 Å². The number of allylic oxidation sites excluding steroid dienone is 1. The molecule has 0 heterocycles. The summed E-state index contributed by atoms with van der Waals surface area (Å²) in [7, 11) is 0. The Morgan fingerprint density at radius 2 is 1.62 bits per heavy atom. The van der Waals surface area contributed by atoms with E-state index in [1.807, 2.05) is 0 Å². The second-order valence-electron chi connectivity index (χ2n) is 14.0. The van der Waals surface area contributed by atoms with E-state index >= 15 is 0 Å². The van der Waals surface area contributed by atoms with E-state index in [0.717, 1.165) is 44.9 Å². The zero-order chi connectivity index (χ0) is 23.5. The molecule has 9 atom stereocenters. The standard InChI is InChI=1S/C29H44O3/c1-17(2)18-10-15-29(24(31)32)16-28(7)19(23(18)29)8-9-21-26(5)13-12-22(30)25(3,4)20(26)11-14-27(21,28)6/h18-21,23H,1,8-16H2,2-7H3,(H,31,32). The average molecular weight is 441 g/mol. The van der Waals surface area contributed by atoms with Crippen LogP contribution in [0, 0.1) is 56.7 Å². The number of carboxylic acid groups (broad SMARTS) is 1. The van der Waals surface area contributed by atoms with Crippen molar-refractivity contribution in [2.24, 2.45) is 56.7 Å². The van der Waals surface area contributed by atoms with Crippen molar-refractivity contribution in [1.82, 2.24) is 0 Å². The van der Waals surface area contributed by atoms with Gasteiger partial charge < -0.3 is 5.11 Å². The normalized spacial score (nSPS) is 53.7. The quantitative estimate of drug-likeness (QED) is 0.475. The molecule has 0 radical (unpaired) electrons. The molecule has 1 N–H and O–H groups in total. The zero-order valence-corrected chi connectivity index (χ0v) is 21.2. The molecule has 5 saturated carbocycles. The van der Waals surface area contributed by atoms with Crippen molar-refractivity contribution in [3.63, 3.8) is 0 Å². The highest BCUT2D eigenvalue weighted by Crippen LogP contribution is 2.79. The van der Waals surface area contributed by atoms with Gasteiger partial charge >= 0.3 is 5.97 Å². The summed E-state index contributed by atoms with van der Waals surface area (Å²) in [4.78, 5) is 25.7. The van der Waals surface area contributed by atoms with Crippen molar-refractivity contribution in [2.45, 2.75) is 99.3 Å². The van der Waals surface area contributed by atoms with E-state index in [2.05, 4.69) is 48.1 Å². The summed E-state index contributed by atoms with van der Waals surface area (Å²) in [6.45, 7) is 18.3. The molecule has 0 aromatic carbocycles. The number of carboxylic acids is 1. The maximum absolute atomic E-state index is 12.9. The maximum Gasteiger partial charge on any atom is 0.309 e. The van der Waals surface area contributed by atoms with Gasteiger partial charge in [-0.25, -0.2) is 0 Å². The van der Waals surface area contributed by atoms with Gasteiger partial charge in [0.2, 0.25) is 0 Å². The van der Waals surface area contributed by atoms with Crippen LogP contribution in [0.3, 0.4) is 0 Å².